The molecule has 1 aliphatic heterocycles. The predicted molar refractivity (Wildman–Crippen MR) is 113 cm³/mol. The molecule has 0 radical (unpaired) electrons. The number of carbonyl (C=O) groups excluding carboxylic acids is 1. The second-order valence-electron chi connectivity index (χ2n) is 8.03. The number of aromatic nitrogens is 2. The molecule has 180 valence electrons. The number of aryl methyl sites for hydroxylation is 1. The van der Waals surface area contributed by atoms with E-state index in [1.807, 2.05) is 0 Å². The molecule has 0 bridgehead atoms. The predicted octanol–water partition coefficient (Wildman–Crippen LogP) is 1.44. The largest absolute Gasteiger partial charge is 0.424 e. The number of hydrogen-bond acceptors (Lipinski definition) is 6. The summed E-state index contributed by atoms with van der Waals surface area (Å²) in [5, 5.41) is 12.8. The number of nitrogens with one attached hydrogen (secondary N) is 2. The van der Waals surface area contributed by atoms with Gasteiger partial charge < -0.3 is 15.0 Å². The van der Waals surface area contributed by atoms with Crippen LogP contribution >= 0.6 is 0 Å². The standard InChI is InChI=1S/C20H24F3N5O4S/c1-12(2)15(26-16-13-6-4-5-7-14(13)33(31,32)27-16)17(29)24-9-8-19(30,20(21,22)23)18-25-10-11-28(18)3/h4-7,10-12,15,30H,8-9H2,1-3H3,(H,24,29)(H,26,27)/t15-,19?/m0/s1. The van der Waals surface area contributed by atoms with Gasteiger partial charge in [0.1, 0.15) is 17.7 Å². The van der Waals surface area contributed by atoms with Crippen LogP contribution in [0.2, 0.25) is 0 Å². The molecule has 1 aromatic carbocycles. The number of sulfonamides is 1. The molecule has 0 saturated carbocycles. The van der Waals surface area contributed by atoms with E-state index < -0.39 is 58.5 Å². The molecular formula is C20H24F3N5O4S. The Hall–Kier alpha value is -2.93. The van der Waals surface area contributed by atoms with Gasteiger partial charge in [0, 0.05) is 38.0 Å². The minimum absolute atomic E-state index is 0.0146. The van der Waals surface area contributed by atoms with Gasteiger partial charge in [-0.3, -0.25) is 14.5 Å². The third kappa shape index (κ3) is 4.74. The van der Waals surface area contributed by atoms with Gasteiger partial charge in [-0.2, -0.15) is 13.2 Å². The van der Waals surface area contributed by atoms with E-state index in [-0.39, 0.29) is 10.7 Å². The first-order valence-electron chi connectivity index (χ1n) is 10.0. The van der Waals surface area contributed by atoms with Crippen molar-refractivity contribution in [1.29, 1.82) is 0 Å². The summed E-state index contributed by atoms with van der Waals surface area (Å²) >= 11 is 0. The van der Waals surface area contributed by atoms with Gasteiger partial charge in [0.25, 0.3) is 10.0 Å². The third-order valence-corrected chi connectivity index (χ3v) is 6.67. The van der Waals surface area contributed by atoms with Crippen molar-refractivity contribution in [2.24, 2.45) is 18.0 Å². The van der Waals surface area contributed by atoms with Gasteiger partial charge in [-0.15, -0.1) is 0 Å². The van der Waals surface area contributed by atoms with Crippen molar-refractivity contribution in [3.63, 3.8) is 0 Å². The Labute approximate surface area is 188 Å². The normalized spacial score (nSPS) is 19.1. The number of carbonyl (C=O) groups is 1. The van der Waals surface area contributed by atoms with Crippen LogP contribution < -0.4 is 10.0 Å². The van der Waals surface area contributed by atoms with E-state index in [0.717, 1.165) is 10.8 Å². The van der Waals surface area contributed by atoms with E-state index in [0.29, 0.717) is 5.56 Å². The van der Waals surface area contributed by atoms with Gasteiger partial charge in [0.15, 0.2) is 0 Å². The van der Waals surface area contributed by atoms with Crippen LogP contribution in [0.5, 0.6) is 0 Å². The molecule has 0 fully saturated rings. The van der Waals surface area contributed by atoms with Crippen LogP contribution in [-0.4, -0.2) is 53.6 Å². The maximum atomic E-state index is 13.6. The first kappa shape index (κ1) is 24.7. The lowest BCUT2D eigenvalue weighted by atomic mass is 9.97. The fourth-order valence-corrected chi connectivity index (χ4v) is 4.73. The Morgan fingerprint density at radius 1 is 1.30 bits per heavy atom. The quantitative estimate of drug-likeness (QED) is 0.545. The average Bonchev–Trinajstić information content (AvgIpc) is 3.26. The monoisotopic (exact) mass is 487 g/mol. The first-order chi connectivity index (χ1) is 15.3. The van der Waals surface area contributed by atoms with Gasteiger partial charge in [-0.25, -0.2) is 13.4 Å². The molecule has 0 spiro atoms. The molecule has 2 heterocycles. The number of nitrogens with zero attached hydrogens (tertiary/aromatic N) is 3. The molecule has 3 rings (SSSR count). The van der Waals surface area contributed by atoms with Crippen LogP contribution in [0, 0.1) is 5.92 Å². The Bertz CT molecular complexity index is 1180. The number of alkyl halides is 3. The van der Waals surface area contributed by atoms with Crippen LogP contribution in [0.1, 0.15) is 31.7 Å². The zero-order valence-electron chi connectivity index (χ0n) is 18.1. The SMILES string of the molecule is CC(C)[C@H](N=C1NS(=O)(=O)c2ccccc21)C(=O)NCCC(O)(c1nccn1C)C(F)(F)F. The molecule has 1 amide bonds. The van der Waals surface area contributed by atoms with Crippen LogP contribution in [0.25, 0.3) is 0 Å². The van der Waals surface area contributed by atoms with E-state index in [4.69, 9.17) is 0 Å². The summed E-state index contributed by atoms with van der Waals surface area (Å²) in [6.45, 7) is 2.82. The Morgan fingerprint density at radius 2 is 1.97 bits per heavy atom. The van der Waals surface area contributed by atoms with Crippen molar-refractivity contribution in [3.8, 4) is 0 Å². The molecule has 0 aliphatic carbocycles. The molecule has 33 heavy (non-hydrogen) atoms. The van der Waals surface area contributed by atoms with Gasteiger partial charge in [0.05, 0.1) is 4.90 Å². The number of fused-ring (bicyclic) bond motifs is 1. The summed E-state index contributed by atoms with van der Waals surface area (Å²) in [6, 6.07) is 5.03. The lowest BCUT2D eigenvalue weighted by Crippen LogP contribution is -2.47. The summed E-state index contributed by atoms with van der Waals surface area (Å²) in [7, 11) is -2.49. The van der Waals surface area contributed by atoms with Crippen LogP contribution in [-0.2, 0) is 27.5 Å². The molecule has 2 aromatic rings. The highest BCUT2D eigenvalue weighted by Crippen LogP contribution is 2.40. The number of hydrogen-bond donors (Lipinski definition) is 3. The highest BCUT2D eigenvalue weighted by atomic mass is 32.2. The van der Waals surface area contributed by atoms with Crippen molar-refractivity contribution in [2.45, 2.75) is 43.0 Å². The number of halogens is 3. The number of aliphatic imine (C=N–C) groups is 1. The lowest BCUT2D eigenvalue weighted by Gasteiger charge is -2.30. The third-order valence-electron chi connectivity index (χ3n) is 5.28. The number of amidine groups is 1. The highest BCUT2D eigenvalue weighted by molar-refractivity contribution is 7.90. The van der Waals surface area contributed by atoms with Gasteiger partial charge >= 0.3 is 6.18 Å². The Balaban J connectivity index is 1.78. The van der Waals surface area contributed by atoms with E-state index in [1.54, 1.807) is 26.0 Å². The Morgan fingerprint density at radius 3 is 2.55 bits per heavy atom. The lowest BCUT2D eigenvalue weighted by molar-refractivity contribution is -0.272. The van der Waals surface area contributed by atoms with E-state index >= 15 is 0 Å². The summed E-state index contributed by atoms with van der Waals surface area (Å²) in [5.41, 5.74) is -2.96. The van der Waals surface area contributed by atoms with Crippen LogP contribution in [0.4, 0.5) is 13.2 Å². The maximum absolute atomic E-state index is 13.6. The molecule has 1 aliphatic rings. The van der Waals surface area contributed by atoms with Gasteiger partial charge in [-0.05, 0) is 18.1 Å². The molecule has 13 heteroatoms. The second-order valence-corrected chi connectivity index (χ2v) is 9.68. The minimum atomic E-state index is -5.03. The summed E-state index contributed by atoms with van der Waals surface area (Å²) < 4.78 is 68.8. The van der Waals surface area contributed by atoms with Crippen molar-refractivity contribution in [3.05, 3.63) is 48.0 Å². The van der Waals surface area contributed by atoms with E-state index in [1.165, 1.54) is 25.4 Å². The van der Waals surface area contributed by atoms with Crippen molar-refractivity contribution in [1.82, 2.24) is 19.6 Å². The highest BCUT2D eigenvalue weighted by Gasteiger charge is 2.57. The minimum Gasteiger partial charge on any atom is -0.374 e. The van der Waals surface area contributed by atoms with Crippen molar-refractivity contribution in [2.75, 3.05) is 6.54 Å². The zero-order chi connectivity index (χ0) is 24.6. The molecule has 1 aromatic heterocycles. The molecule has 2 atom stereocenters. The number of benzene rings is 1. The topological polar surface area (TPSA) is 126 Å². The van der Waals surface area contributed by atoms with Gasteiger partial charge in [-0.1, -0.05) is 26.0 Å². The molecule has 3 N–H and O–H groups in total. The number of rotatable bonds is 7. The molecule has 9 nitrogen and oxygen atoms in total. The van der Waals surface area contributed by atoms with E-state index in [9.17, 15) is 31.5 Å². The molecule has 0 saturated heterocycles. The number of imidazole rings is 1. The zero-order valence-corrected chi connectivity index (χ0v) is 18.9. The molecular weight excluding hydrogens is 463 g/mol. The molecule has 1 unspecified atom stereocenters. The number of amides is 1. The average molecular weight is 488 g/mol. The van der Waals surface area contributed by atoms with E-state index in [2.05, 4.69) is 20.0 Å². The smallest absolute Gasteiger partial charge is 0.374 e. The Kier molecular flexibility index (Phi) is 6.58. The maximum Gasteiger partial charge on any atom is 0.424 e. The summed E-state index contributed by atoms with van der Waals surface area (Å²) in [6.07, 6.45) is -3.49. The summed E-state index contributed by atoms with van der Waals surface area (Å²) in [5.74, 6) is -1.71. The van der Waals surface area contributed by atoms with Gasteiger partial charge in [0.2, 0.25) is 11.5 Å². The first-order valence-corrected chi connectivity index (χ1v) is 11.5. The fourth-order valence-electron chi connectivity index (χ4n) is 3.49. The summed E-state index contributed by atoms with van der Waals surface area (Å²) in [4.78, 5) is 20.6. The van der Waals surface area contributed by atoms with Crippen LogP contribution in [0.15, 0.2) is 46.5 Å². The van der Waals surface area contributed by atoms with Crippen molar-refractivity contribution >= 4 is 21.8 Å². The fraction of sp³-hybridized carbons (Fsp3) is 0.450. The second kappa shape index (κ2) is 8.78. The van der Waals surface area contributed by atoms with Crippen LogP contribution in [0.3, 0.4) is 0 Å². The van der Waals surface area contributed by atoms with Crippen molar-refractivity contribution < 1.29 is 31.5 Å². The number of aliphatic hydroxyl groups is 1.